The molecule has 0 aliphatic heterocycles. The van der Waals surface area contributed by atoms with Crippen molar-refractivity contribution in [1.82, 2.24) is 9.55 Å². The minimum Gasteiger partial charge on any atom is -0.326 e. The molecule has 4 aromatic rings. The molecular formula is C24H19N3O2. The summed E-state index contributed by atoms with van der Waals surface area (Å²) in [5, 5.41) is 3.28. The van der Waals surface area contributed by atoms with Gasteiger partial charge in [-0.15, -0.1) is 0 Å². The summed E-state index contributed by atoms with van der Waals surface area (Å²) < 4.78 is 1.58. The van der Waals surface area contributed by atoms with Gasteiger partial charge in [-0.1, -0.05) is 48.5 Å². The van der Waals surface area contributed by atoms with Crippen LogP contribution >= 0.6 is 0 Å². The lowest BCUT2D eigenvalue weighted by atomic mass is 10.2. The van der Waals surface area contributed by atoms with Gasteiger partial charge in [-0.05, 0) is 48.0 Å². The standard InChI is InChI=1S/C24H19N3O2/c1-17(28)25-19-12-14-20(15-13-19)27-23(16-11-18-7-3-2-4-8-18)26-22-10-6-5-9-21(22)24(27)29/h2-16H,1H3,(H,25,28)/b16-11+. The summed E-state index contributed by atoms with van der Waals surface area (Å²) in [5.41, 5.74) is 2.87. The molecule has 0 radical (unpaired) electrons. The Kier molecular flexibility index (Phi) is 5.03. The van der Waals surface area contributed by atoms with Gasteiger partial charge in [-0.2, -0.15) is 0 Å². The largest absolute Gasteiger partial charge is 0.326 e. The van der Waals surface area contributed by atoms with Gasteiger partial charge in [-0.3, -0.25) is 14.2 Å². The second-order valence-corrected chi connectivity index (χ2v) is 6.60. The maximum absolute atomic E-state index is 13.2. The molecule has 29 heavy (non-hydrogen) atoms. The first-order chi connectivity index (χ1) is 14.1. The number of aromatic nitrogens is 2. The van der Waals surface area contributed by atoms with Gasteiger partial charge in [0.2, 0.25) is 5.91 Å². The zero-order valence-corrected chi connectivity index (χ0v) is 15.9. The van der Waals surface area contributed by atoms with Gasteiger partial charge < -0.3 is 5.32 Å². The lowest BCUT2D eigenvalue weighted by Crippen LogP contribution is -2.22. The lowest BCUT2D eigenvalue weighted by molar-refractivity contribution is -0.114. The van der Waals surface area contributed by atoms with Crippen LogP contribution in [0, 0.1) is 0 Å². The van der Waals surface area contributed by atoms with E-state index in [0.29, 0.717) is 28.1 Å². The van der Waals surface area contributed by atoms with Crippen LogP contribution in [-0.4, -0.2) is 15.5 Å². The Balaban J connectivity index is 1.86. The molecule has 4 rings (SSSR count). The average Bonchev–Trinajstić information content (AvgIpc) is 2.74. The summed E-state index contributed by atoms with van der Waals surface area (Å²) >= 11 is 0. The highest BCUT2D eigenvalue weighted by molar-refractivity contribution is 5.88. The average molecular weight is 381 g/mol. The van der Waals surface area contributed by atoms with Crippen LogP contribution < -0.4 is 10.9 Å². The number of fused-ring (bicyclic) bond motifs is 1. The number of carbonyl (C=O) groups excluding carboxylic acids is 1. The fourth-order valence-corrected chi connectivity index (χ4v) is 3.14. The summed E-state index contributed by atoms with van der Waals surface area (Å²) in [4.78, 5) is 29.2. The van der Waals surface area contributed by atoms with Crippen molar-refractivity contribution in [1.29, 1.82) is 0 Å². The van der Waals surface area contributed by atoms with Gasteiger partial charge in [-0.25, -0.2) is 4.98 Å². The number of nitrogens with one attached hydrogen (secondary N) is 1. The van der Waals surface area contributed by atoms with E-state index < -0.39 is 0 Å². The molecule has 5 heteroatoms. The predicted octanol–water partition coefficient (Wildman–Crippen LogP) is 4.51. The Morgan fingerprint density at radius 3 is 2.31 bits per heavy atom. The zero-order valence-electron chi connectivity index (χ0n) is 15.9. The quantitative estimate of drug-likeness (QED) is 0.565. The summed E-state index contributed by atoms with van der Waals surface area (Å²) in [7, 11) is 0. The number of benzene rings is 3. The molecule has 0 spiro atoms. The monoisotopic (exact) mass is 381 g/mol. The molecule has 0 saturated carbocycles. The van der Waals surface area contributed by atoms with Crippen molar-refractivity contribution < 1.29 is 4.79 Å². The van der Waals surface area contributed by atoms with Crippen LogP contribution in [0.1, 0.15) is 18.3 Å². The van der Waals surface area contributed by atoms with Crippen molar-refractivity contribution in [2.45, 2.75) is 6.92 Å². The van der Waals surface area contributed by atoms with Crippen LogP contribution in [0.15, 0.2) is 83.7 Å². The van der Waals surface area contributed by atoms with Crippen molar-refractivity contribution in [3.63, 3.8) is 0 Å². The third kappa shape index (κ3) is 3.99. The lowest BCUT2D eigenvalue weighted by Gasteiger charge is -2.12. The Hall–Kier alpha value is -3.99. The molecular weight excluding hydrogens is 362 g/mol. The molecule has 3 aromatic carbocycles. The van der Waals surface area contributed by atoms with E-state index in [4.69, 9.17) is 4.98 Å². The molecule has 0 bridgehead atoms. The highest BCUT2D eigenvalue weighted by atomic mass is 16.1. The van der Waals surface area contributed by atoms with Crippen molar-refractivity contribution in [2.24, 2.45) is 0 Å². The fourth-order valence-electron chi connectivity index (χ4n) is 3.14. The van der Waals surface area contributed by atoms with E-state index >= 15 is 0 Å². The van der Waals surface area contributed by atoms with Crippen molar-refractivity contribution in [2.75, 3.05) is 5.32 Å². The number of anilines is 1. The van der Waals surface area contributed by atoms with E-state index in [1.807, 2.05) is 60.7 Å². The fraction of sp³-hybridized carbons (Fsp3) is 0.0417. The van der Waals surface area contributed by atoms with Gasteiger partial charge in [0.05, 0.1) is 16.6 Å². The van der Waals surface area contributed by atoms with Crippen LogP contribution in [-0.2, 0) is 4.79 Å². The summed E-state index contributed by atoms with van der Waals surface area (Å²) in [6, 6.07) is 24.3. The molecule has 1 aromatic heterocycles. The summed E-state index contributed by atoms with van der Waals surface area (Å²) in [5.74, 6) is 0.388. The number of nitrogens with zero attached hydrogens (tertiary/aromatic N) is 2. The van der Waals surface area contributed by atoms with Crippen molar-refractivity contribution in [3.05, 3.63) is 101 Å². The van der Waals surface area contributed by atoms with Gasteiger partial charge >= 0.3 is 0 Å². The van der Waals surface area contributed by atoms with Gasteiger partial charge in [0.25, 0.3) is 5.56 Å². The number of amides is 1. The van der Waals surface area contributed by atoms with E-state index in [0.717, 1.165) is 5.56 Å². The van der Waals surface area contributed by atoms with Gasteiger partial charge in [0.15, 0.2) is 0 Å². The first-order valence-electron chi connectivity index (χ1n) is 9.25. The maximum atomic E-state index is 13.2. The van der Waals surface area contributed by atoms with Crippen LogP contribution in [0.3, 0.4) is 0 Å². The predicted molar refractivity (Wildman–Crippen MR) is 117 cm³/mol. The second kappa shape index (κ2) is 7.94. The third-order valence-electron chi connectivity index (χ3n) is 4.47. The Labute approximate surface area is 168 Å². The summed E-state index contributed by atoms with van der Waals surface area (Å²) in [6.07, 6.45) is 3.77. The highest BCUT2D eigenvalue weighted by Gasteiger charge is 2.11. The van der Waals surface area contributed by atoms with Crippen LogP contribution in [0.25, 0.3) is 28.7 Å². The first-order valence-corrected chi connectivity index (χ1v) is 9.25. The highest BCUT2D eigenvalue weighted by Crippen LogP contribution is 2.17. The Morgan fingerprint density at radius 2 is 1.59 bits per heavy atom. The van der Waals surface area contributed by atoms with E-state index in [1.54, 1.807) is 34.9 Å². The molecule has 5 nitrogen and oxygen atoms in total. The molecule has 142 valence electrons. The van der Waals surface area contributed by atoms with E-state index in [2.05, 4.69) is 5.32 Å². The summed E-state index contributed by atoms with van der Waals surface area (Å²) in [6.45, 7) is 1.46. The smallest absolute Gasteiger partial charge is 0.266 e. The first kappa shape index (κ1) is 18.4. The Morgan fingerprint density at radius 1 is 0.897 bits per heavy atom. The molecule has 1 amide bonds. The van der Waals surface area contributed by atoms with Crippen LogP contribution in [0.5, 0.6) is 0 Å². The minimum atomic E-state index is -0.145. The number of carbonyl (C=O) groups is 1. The minimum absolute atomic E-state index is 0.143. The van der Waals surface area contributed by atoms with Gasteiger partial charge in [0.1, 0.15) is 5.82 Å². The van der Waals surface area contributed by atoms with Crippen molar-refractivity contribution >= 4 is 34.6 Å². The number of para-hydroxylation sites is 1. The number of hydrogen-bond acceptors (Lipinski definition) is 3. The molecule has 0 aliphatic rings. The topological polar surface area (TPSA) is 64.0 Å². The SMILES string of the molecule is CC(=O)Nc1ccc(-n2c(/C=C/c3ccccc3)nc3ccccc3c2=O)cc1. The van der Waals surface area contributed by atoms with Crippen molar-refractivity contribution in [3.8, 4) is 5.69 Å². The Bertz CT molecular complexity index is 1260. The third-order valence-corrected chi connectivity index (χ3v) is 4.47. The molecule has 1 N–H and O–H groups in total. The molecule has 0 unspecified atom stereocenters. The number of hydrogen-bond donors (Lipinski definition) is 1. The molecule has 1 heterocycles. The van der Waals surface area contributed by atoms with E-state index in [9.17, 15) is 9.59 Å². The molecule has 0 atom stereocenters. The van der Waals surface area contributed by atoms with Crippen LogP contribution in [0.4, 0.5) is 5.69 Å². The van der Waals surface area contributed by atoms with E-state index in [-0.39, 0.29) is 11.5 Å². The molecule has 0 fully saturated rings. The number of rotatable bonds is 4. The van der Waals surface area contributed by atoms with E-state index in [1.165, 1.54) is 6.92 Å². The molecule has 0 saturated heterocycles. The normalized spacial score (nSPS) is 11.1. The maximum Gasteiger partial charge on any atom is 0.266 e. The molecule has 0 aliphatic carbocycles. The second-order valence-electron chi connectivity index (χ2n) is 6.60. The van der Waals surface area contributed by atoms with Crippen LogP contribution in [0.2, 0.25) is 0 Å². The zero-order chi connectivity index (χ0) is 20.2. The van der Waals surface area contributed by atoms with Gasteiger partial charge in [0, 0.05) is 12.6 Å².